The third-order valence-electron chi connectivity index (χ3n) is 1.14. The highest BCUT2D eigenvalue weighted by molar-refractivity contribution is 7.99. The van der Waals surface area contributed by atoms with Crippen molar-refractivity contribution in [3.05, 3.63) is 0 Å². The van der Waals surface area contributed by atoms with Crippen molar-refractivity contribution in [3.63, 3.8) is 0 Å². The molecule has 0 amide bonds. The zero-order valence-electron chi connectivity index (χ0n) is 6.47. The third kappa shape index (κ3) is 7.09. The average Bonchev–Trinajstić information content (AvgIpc) is 2.04. The van der Waals surface area contributed by atoms with Crippen molar-refractivity contribution in [2.24, 2.45) is 5.92 Å². The van der Waals surface area contributed by atoms with Crippen molar-refractivity contribution < 1.29 is 24.2 Å². The Kier molecular flexibility index (Phi) is 8.32. The predicted octanol–water partition coefficient (Wildman–Crippen LogP) is -0.324. The van der Waals surface area contributed by atoms with Crippen LogP contribution in [0.2, 0.25) is 0 Å². The molecule has 0 aromatic heterocycles. The molecule has 0 aromatic rings. The highest BCUT2D eigenvalue weighted by Gasteiger charge is 2.05. The first kappa shape index (κ1) is 12.4. The van der Waals surface area contributed by atoms with Gasteiger partial charge in [0.25, 0.3) is 0 Å². The Hall–Kier alpha value is 0.420. The van der Waals surface area contributed by atoms with Gasteiger partial charge in [-0.1, -0.05) is 0 Å². The molecule has 1 unspecified atom stereocenters. The van der Waals surface area contributed by atoms with Crippen molar-refractivity contribution in [1.82, 2.24) is 0 Å². The normalized spacial score (nSPS) is 13.7. The van der Waals surface area contributed by atoms with Crippen LogP contribution in [0.25, 0.3) is 0 Å². The number of hydrogen-bond acceptors (Lipinski definition) is 5. The van der Waals surface area contributed by atoms with Gasteiger partial charge in [0, 0.05) is 24.9 Å². The fourth-order valence-electron chi connectivity index (χ4n) is 0.470. The van der Waals surface area contributed by atoms with Crippen LogP contribution in [-0.2, 0) is 9.09 Å². The van der Waals surface area contributed by atoms with Crippen molar-refractivity contribution >= 4 is 20.0 Å². The summed E-state index contributed by atoms with van der Waals surface area (Å²) in [5.41, 5.74) is 0. The van der Waals surface area contributed by atoms with Crippen LogP contribution in [-0.4, -0.2) is 40.0 Å². The van der Waals surface area contributed by atoms with Crippen LogP contribution < -0.4 is 0 Å². The summed E-state index contributed by atoms with van der Waals surface area (Å²) >= 11 is 1.26. The molecule has 1 atom stereocenters. The lowest BCUT2D eigenvalue weighted by Crippen LogP contribution is -2.13. The molecule has 0 aliphatic heterocycles. The number of aliphatic hydroxyl groups is 2. The van der Waals surface area contributed by atoms with Crippen LogP contribution in [0.1, 0.15) is 0 Å². The van der Waals surface area contributed by atoms with Gasteiger partial charge >= 0.3 is 8.25 Å². The zero-order valence-corrected chi connectivity index (χ0v) is 8.29. The van der Waals surface area contributed by atoms with E-state index in [0.717, 1.165) is 0 Å². The topological polar surface area (TPSA) is 87.0 Å². The number of hydrogen-bond donors (Lipinski definition) is 3. The Bertz CT molecular complexity index is 129. The lowest BCUT2D eigenvalue weighted by molar-refractivity contribution is 0.164. The van der Waals surface area contributed by atoms with Crippen molar-refractivity contribution in [1.29, 1.82) is 0 Å². The molecule has 0 spiro atoms. The van der Waals surface area contributed by atoms with Gasteiger partial charge in [-0.15, -0.1) is 11.8 Å². The van der Waals surface area contributed by atoms with E-state index in [0.29, 0.717) is 5.75 Å². The van der Waals surface area contributed by atoms with E-state index in [9.17, 15) is 4.57 Å². The van der Waals surface area contributed by atoms with E-state index >= 15 is 0 Å². The summed E-state index contributed by atoms with van der Waals surface area (Å²) in [4.78, 5) is 8.24. The van der Waals surface area contributed by atoms with Gasteiger partial charge in [0.05, 0.1) is 0 Å². The monoisotopic (exact) mass is 216 g/mol. The van der Waals surface area contributed by atoms with E-state index < -0.39 is 8.25 Å². The van der Waals surface area contributed by atoms with Gasteiger partial charge in [0.1, 0.15) is 5.94 Å². The minimum Gasteiger partial charge on any atom is -0.396 e. The minimum atomic E-state index is -2.84. The molecule has 3 N–H and O–H groups in total. The molecule has 7 heteroatoms. The van der Waals surface area contributed by atoms with Gasteiger partial charge in [-0.2, -0.15) is 0 Å². The molecule has 0 bridgehead atoms. The molecule has 5 nitrogen and oxygen atoms in total. The number of thioether (sulfide) groups is 1. The Labute approximate surface area is 75.7 Å². The summed E-state index contributed by atoms with van der Waals surface area (Å²) in [5, 5.41) is 17.2. The lowest BCUT2D eigenvalue weighted by Gasteiger charge is -2.08. The van der Waals surface area contributed by atoms with Crippen molar-refractivity contribution in [3.8, 4) is 0 Å². The highest BCUT2D eigenvalue weighted by Crippen LogP contribution is 2.18. The maximum absolute atomic E-state index is 10.0. The Morgan fingerprint density at radius 3 is 2.42 bits per heavy atom. The van der Waals surface area contributed by atoms with E-state index in [1.807, 2.05) is 0 Å². The quantitative estimate of drug-likeness (QED) is 0.307. The second kappa shape index (κ2) is 8.04. The van der Waals surface area contributed by atoms with Crippen LogP contribution in [0.5, 0.6) is 0 Å². The molecule has 0 saturated carbocycles. The molecule has 12 heavy (non-hydrogen) atoms. The van der Waals surface area contributed by atoms with Gasteiger partial charge in [0.2, 0.25) is 0 Å². The fourth-order valence-corrected chi connectivity index (χ4v) is 1.85. The minimum absolute atomic E-state index is 0.0855. The van der Waals surface area contributed by atoms with Crippen molar-refractivity contribution in [2.45, 2.75) is 0 Å². The largest absolute Gasteiger partial charge is 0.396 e. The van der Waals surface area contributed by atoms with Gasteiger partial charge in [-0.05, 0) is 0 Å². The molecular weight excluding hydrogens is 203 g/mol. The van der Waals surface area contributed by atoms with Crippen LogP contribution in [0, 0.1) is 5.92 Å². The lowest BCUT2D eigenvalue weighted by atomic mass is 10.2. The maximum Gasteiger partial charge on any atom is 0.317 e. The molecular formula is C5H13O5PS. The zero-order chi connectivity index (χ0) is 9.40. The first-order valence-electron chi connectivity index (χ1n) is 3.36. The molecule has 0 radical (unpaired) electrons. The van der Waals surface area contributed by atoms with Crippen LogP contribution in [0.4, 0.5) is 0 Å². The number of rotatable bonds is 7. The summed E-state index contributed by atoms with van der Waals surface area (Å²) in [5.74, 6) is 0.451. The van der Waals surface area contributed by atoms with Crippen LogP contribution in [0.15, 0.2) is 0 Å². The highest BCUT2D eigenvalue weighted by atomic mass is 32.2. The molecule has 0 aliphatic rings. The second-order valence-corrected chi connectivity index (χ2v) is 3.93. The van der Waals surface area contributed by atoms with E-state index in [1.54, 1.807) is 0 Å². The molecule has 0 saturated heterocycles. The smallest absolute Gasteiger partial charge is 0.317 e. The Morgan fingerprint density at radius 1 is 1.42 bits per heavy atom. The van der Waals surface area contributed by atoms with E-state index in [-0.39, 0.29) is 25.1 Å². The molecule has 0 heterocycles. The Balaban J connectivity index is 3.23. The summed E-state index contributed by atoms with van der Waals surface area (Å²) in [6.45, 7) is -0.171. The molecule has 0 fully saturated rings. The second-order valence-electron chi connectivity index (χ2n) is 2.13. The molecule has 0 aliphatic carbocycles. The molecule has 74 valence electrons. The molecule has 0 rings (SSSR count). The van der Waals surface area contributed by atoms with Gasteiger partial charge in [0.15, 0.2) is 0 Å². The van der Waals surface area contributed by atoms with Gasteiger partial charge < -0.3 is 15.1 Å². The first-order chi connectivity index (χ1) is 5.70. The van der Waals surface area contributed by atoms with Gasteiger partial charge in [-0.3, -0.25) is 9.09 Å². The van der Waals surface area contributed by atoms with E-state index in [4.69, 9.17) is 15.1 Å². The first-order valence-corrected chi connectivity index (χ1v) is 5.77. The maximum atomic E-state index is 10.0. The third-order valence-corrected chi connectivity index (χ3v) is 2.73. The number of aliphatic hydroxyl groups excluding tert-OH is 2. The van der Waals surface area contributed by atoms with Crippen LogP contribution in [0.3, 0.4) is 0 Å². The SMILES string of the molecule is O=[PH](O)OCSCC(CO)CO. The Morgan fingerprint density at radius 2 is 2.00 bits per heavy atom. The predicted molar refractivity (Wildman–Crippen MR) is 47.3 cm³/mol. The summed E-state index contributed by atoms with van der Waals surface area (Å²) in [7, 11) is -2.84. The summed E-state index contributed by atoms with van der Waals surface area (Å²) < 4.78 is 14.4. The fraction of sp³-hybridized carbons (Fsp3) is 1.00. The molecule has 0 aromatic carbocycles. The van der Waals surface area contributed by atoms with Crippen LogP contribution >= 0.6 is 20.0 Å². The van der Waals surface area contributed by atoms with E-state index in [1.165, 1.54) is 11.8 Å². The summed E-state index contributed by atoms with van der Waals surface area (Å²) in [6.07, 6.45) is 0. The summed E-state index contributed by atoms with van der Waals surface area (Å²) in [6, 6.07) is 0. The van der Waals surface area contributed by atoms with E-state index in [2.05, 4.69) is 4.52 Å². The van der Waals surface area contributed by atoms with Gasteiger partial charge in [-0.25, -0.2) is 0 Å². The standard InChI is InChI=1S/C5H13O5PS/c6-1-5(2-7)3-12-4-10-11(8)9/h5-7,11H,1-4H2,(H,8,9). The average molecular weight is 216 g/mol. The van der Waals surface area contributed by atoms with Crippen molar-refractivity contribution in [2.75, 3.05) is 24.9 Å².